The molecule has 4 atom stereocenters. The zero-order chi connectivity index (χ0) is 19.7. The Labute approximate surface area is 162 Å². The molecule has 150 valence electrons. The molecule has 1 saturated heterocycles. The number of aliphatic hydroxyl groups excluding tert-OH is 3. The van der Waals surface area contributed by atoms with E-state index in [1.807, 2.05) is 0 Å². The van der Waals surface area contributed by atoms with Crippen LogP contribution in [0.25, 0.3) is 11.2 Å². The molecule has 0 radical (unpaired) electrons. The third kappa shape index (κ3) is 3.56. The Morgan fingerprint density at radius 2 is 1.96 bits per heavy atom. The monoisotopic (exact) mass is 387 g/mol. The quantitative estimate of drug-likeness (QED) is 0.553. The average Bonchev–Trinajstić information content (AvgIpc) is 3.24. The molecule has 28 heavy (non-hydrogen) atoms. The highest BCUT2D eigenvalue weighted by atomic mass is 16.6. The van der Waals surface area contributed by atoms with Crippen molar-refractivity contribution < 1.29 is 20.1 Å². The summed E-state index contributed by atoms with van der Waals surface area (Å²) >= 11 is 0. The Bertz CT molecular complexity index is 899. The second-order valence-electron chi connectivity index (χ2n) is 7.50. The van der Waals surface area contributed by atoms with Gasteiger partial charge in [0.2, 0.25) is 5.82 Å². The predicted molar refractivity (Wildman–Crippen MR) is 101 cm³/mol. The number of nitrogen functional groups attached to an aromatic ring is 1. The molecule has 9 nitrogen and oxygen atoms in total. The minimum Gasteiger partial charge on any atom is -0.394 e. The summed E-state index contributed by atoms with van der Waals surface area (Å²) in [5.74, 6) is 7.26. The van der Waals surface area contributed by atoms with Crippen molar-refractivity contribution >= 4 is 17.0 Å². The summed E-state index contributed by atoms with van der Waals surface area (Å²) in [6.45, 7) is -0.406. The van der Waals surface area contributed by atoms with Crippen molar-refractivity contribution in [2.75, 3.05) is 12.3 Å². The topological polar surface area (TPSA) is 140 Å². The van der Waals surface area contributed by atoms with Crippen LogP contribution >= 0.6 is 0 Å². The molecule has 1 aliphatic carbocycles. The van der Waals surface area contributed by atoms with E-state index in [2.05, 4.69) is 26.8 Å². The van der Waals surface area contributed by atoms with Gasteiger partial charge in [-0.25, -0.2) is 15.0 Å². The molecule has 0 bridgehead atoms. The van der Waals surface area contributed by atoms with Gasteiger partial charge < -0.3 is 25.8 Å². The van der Waals surface area contributed by atoms with Crippen molar-refractivity contribution in [2.45, 2.75) is 63.1 Å². The number of imidazole rings is 1. The second-order valence-corrected chi connectivity index (χ2v) is 7.50. The Balaban J connectivity index is 1.60. The maximum absolute atomic E-state index is 10.3. The predicted octanol–water partition coefficient (Wildman–Crippen LogP) is 0.342. The van der Waals surface area contributed by atoms with Crippen LogP contribution < -0.4 is 5.73 Å². The molecule has 4 rings (SSSR count). The molecule has 5 N–H and O–H groups in total. The van der Waals surface area contributed by atoms with Crippen molar-refractivity contribution in [3.8, 4) is 11.8 Å². The molecule has 2 aliphatic rings. The highest BCUT2D eigenvalue weighted by Gasteiger charge is 2.44. The van der Waals surface area contributed by atoms with Crippen LogP contribution in [0.1, 0.15) is 50.6 Å². The first kappa shape index (κ1) is 19.1. The third-order valence-corrected chi connectivity index (χ3v) is 5.56. The first-order chi connectivity index (χ1) is 13.6. The van der Waals surface area contributed by atoms with E-state index in [9.17, 15) is 15.3 Å². The number of ether oxygens (including phenoxy) is 1. The van der Waals surface area contributed by atoms with Crippen LogP contribution in [0.3, 0.4) is 0 Å². The van der Waals surface area contributed by atoms with Crippen LogP contribution in [0.2, 0.25) is 0 Å². The van der Waals surface area contributed by atoms with Gasteiger partial charge in [0.15, 0.2) is 17.7 Å². The maximum Gasteiger partial charge on any atom is 0.208 e. The number of hydrogen-bond donors (Lipinski definition) is 4. The van der Waals surface area contributed by atoms with Gasteiger partial charge in [-0.15, -0.1) is 0 Å². The number of rotatable bonds is 3. The number of fused-ring (bicyclic) bond motifs is 1. The summed E-state index contributed by atoms with van der Waals surface area (Å²) in [6.07, 6.45) is 4.27. The molecular formula is C19H25N5O4. The fourth-order valence-corrected chi connectivity index (χ4v) is 3.96. The summed E-state index contributed by atoms with van der Waals surface area (Å²) in [6, 6.07) is 0. The van der Waals surface area contributed by atoms with Gasteiger partial charge in [0, 0.05) is 6.42 Å². The van der Waals surface area contributed by atoms with Crippen LogP contribution in [0.5, 0.6) is 0 Å². The molecule has 2 fully saturated rings. The largest absolute Gasteiger partial charge is 0.394 e. The molecule has 0 amide bonds. The van der Waals surface area contributed by atoms with Gasteiger partial charge >= 0.3 is 0 Å². The zero-order valence-corrected chi connectivity index (χ0v) is 15.5. The molecule has 0 spiro atoms. The van der Waals surface area contributed by atoms with Crippen molar-refractivity contribution in [2.24, 2.45) is 5.92 Å². The minimum absolute atomic E-state index is 0.192. The first-order valence-electron chi connectivity index (χ1n) is 9.70. The van der Waals surface area contributed by atoms with Gasteiger partial charge in [-0.2, -0.15) is 0 Å². The smallest absolute Gasteiger partial charge is 0.208 e. The van der Waals surface area contributed by atoms with Gasteiger partial charge in [-0.1, -0.05) is 25.2 Å². The van der Waals surface area contributed by atoms with Gasteiger partial charge in [0.25, 0.3) is 0 Å². The normalized spacial score (nSPS) is 28.4. The van der Waals surface area contributed by atoms with Crippen molar-refractivity contribution in [3.05, 3.63) is 12.2 Å². The van der Waals surface area contributed by atoms with Crippen LogP contribution in [-0.4, -0.2) is 59.8 Å². The Kier molecular flexibility index (Phi) is 5.46. The summed E-state index contributed by atoms with van der Waals surface area (Å²) < 4.78 is 7.05. The van der Waals surface area contributed by atoms with E-state index in [4.69, 9.17) is 10.5 Å². The third-order valence-electron chi connectivity index (χ3n) is 5.56. The standard InChI is InChI=1S/C19H25N5O4/c20-17-14-18(23-13(22-17)8-4-7-11-5-2-1-3-6-11)24(10-21-14)19-16(27)15(26)12(9-25)28-19/h10-12,15-16,19,25-27H,1-3,5-7,9H2,(H2,20,22,23)/t12-,15?,16?,19-/m1/s1. The number of anilines is 1. The van der Waals surface area contributed by atoms with Crippen molar-refractivity contribution in [1.82, 2.24) is 19.5 Å². The van der Waals surface area contributed by atoms with Crippen LogP contribution in [0.15, 0.2) is 6.33 Å². The van der Waals surface area contributed by atoms with Gasteiger partial charge in [-0.3, -0.25) is 4.57 Å². The zero-order valence-electron chi connectivity index (χ0n) is 15.5. The minimum atomic E-state index is -1.23. The first-order valence-corrected chi connectivity index (χ1v) is 9.70. The average molecular weight is 387 g/mol. The van der Waals surface area contributed by atoms with Crippen molar-refractivity contribution in [3.63, 3.8) is 0 Å². The van der Waals surface area contributed by atoms with E-state index in [0.717, 1.165) is 6.42 Å². The molecule has 2 unspecified atom stereocenters. The number of hydrogen-bond acceptors (Lipinski definition) is 8. The Morgan fingerprint density at radius 3 is 2.68 bits per heavy atom. The summed E-state index contributed by atoms with van der Waals surface area (Å²) in [5.41, 5.74) is 6.75. The Morgan fingerprint density at radius 1 is 1.18 bits per heavy atom. The lowest BCUT2D eigenvalue weighted by molar-refractivity contribution is -0.0511. The highest BCUT2D eigenvalue weighted by Crippen LogP contribution is 2.32. The highest BCUT2D eigenvalue weighted by molar-refractivity contribution is 5.82. The molecule has 3 heterocycles. The molecule has 0 aromatic carbocycles. The molecule has 9 heteroatoms. The lowest BCUT2D eigenvalue weighted by Crippen LogP contribution is -2.33. The number of nitrogens with two attached hydrogens (primary N) is 1. The molecule has 1 aliphatic heterocycles. The van der Waals surface area contributed by atoms with E-state index in [1.165, 1.54) is 43.0 Å². The Hall–Kier alpha value is -2.25. The molecule has 2 aromatic heterocycles. The van der Waals surface area contributed by atoms with Gasteiger partial charge in [0.1, 0.15) is 23.8 Å². The summed E-state index contributed by atoms with van der Waals surface area (Å²) in [5, 5.41) is 29.6. The number of aliphatic hydroxyl groups is 3. The van der Waals surface area contributed by atoms with E-state index in [-0.39, 0.29) is 11.6 Å². The van der Waals surface area contributed by atoms with E-state index < -0.39 is 31.1 Å². The van der Waals surface area contributed by atoms with E-state index >= 15 is 0 Å². The second kappa shape index (κ2) is 8.01. The fraction of sp³-hybridized carbons (Fsp3) is 0.632. The van der Waals surface area contributed by atoms with E-state index in [0.29, 0.717) is 17.1 Å². The fourth-order valence-electron chi connectivity index (χ4n) is 3.96. The van der Waals surface area contributed by atoms with Crippen LogP contribution in [0, 0.1) is 17.8 Å². The summed E-state index contributed by atoms with van der Waals surface area (Å²) in [4.78, 5) is 12.8. The van der Waals surface area contributed by atoms with E-state index in [1.54, 1.807) is 0 Å². The molecular weight excluding hydrogens is 362 g/mol. The van der Waals surface area contributed by atoms with Gasteiger partial charge in [0.05, 0.1) is 12.9 Å². The molecule has 2 aromatic rings. The van der Waals surface area contributed by atoms with Crippen LogP contribution in [0.4, 0.5) is 5.82 Å². The lowest BCUT2D eigenvalue weighted by atomic mass is 9.87. The number of aromatic nitrogens is 4. The number of nitrogens with zero attached hydrogens (tertiary/aromatic N) is 4. The SMILES string of the molecule is Nc1nc(C#CCC2CCCCC2)nc2c1ncn2[C@@H]1O[C@H](CO)C(O)C1O. The van der Waals surface area contributed by atoms with Crippen LogP contribution in [-0.2, 0) is 4.74 Å². The lowest BCUT2D eigenvalue weighted by Gasteiger charge is -2.18. The van der Waals surface area contributed by atoms with Crippen molar-refractivity contribution in [1.29, 1.82) is 0 Å². The molecule has 1 saturated carbocycles. The maximum atomic E-state index is 10.3. The van der Waals surface area contributed by atoms with Gasteiger partial charge in [-0.05, 0) is 24.7 Å². The summed E-state index contributed by atoms with van der Waals surface area (Å²) in [7, 11) is 0.